The van der Waals surface area contributed by atoms with E-state index in [-0.39, 0.29) is 11.4 Å². The van der Waals surface area contributed by atoms with Gasteiger partial charge in [-0.15, -0.1) is 0 Å². The molecule has 0 fully saturated rings. The number of carbonyl (C=O) groups excluding carboxylic acids is 2. The molecule has 0 radical (unpaired) electrons. The highest BCUT2D eigenvalue weighted by atomic mass is 16.5. The lowest BCUT2D eigenvalue weighted by Crippen LogP contribution is -2.00. The maximum Gasteiger partial charge on any atom is 0.308 e. The van der Waals surface area contributed by atoms with Gasteiger partial charge in [0.1, 0.15) is 11.5 Å². The molecule has 6 heteroatoms. The first-order valence-electron chi connectivity index (χ1n) is 8.17. The average molecular weight is 372 g/mol. The highest BCUT2D eigenvalue weighted by molar-refractivity contribution is 5.72. The number of carbonyl (C=O) groups is 2. The summed E-state index contributed by atoms with van der Waals surface area (Å²) in [6.07, 6.45) is 3.17. The zero-order valence-electron chi connectivity index (χ0n) is 15.3. The smallest absolute Gasteiger partial charge is 0.308 e. The molecule has 2 aromatic rings. The Morgan fingerprint density at radius 3 is 1.29 bits per heavy atom. The van der Waals surface area contributed by atoms with Crippen LogP contribution < -0.4 is 9.47 Å². The standard InChI is InChI=1S/C22H16N2O4/c1-15(25)27-19-9-5-17(6-10-19)13-21(23-3)22(24-4)14-18-7-11-20(12-8-18)28-16(2)26/h5-14H,1-2H3. The topological polar surface area (TPSA) is 61.3 Å². The van der Waals surface area contributed by atoms with Crippen LogP contribution in [0.25, 0.3) is 21.8 Å². The van der Waals surface area contributed by atoms with Crippen LogP contribution in [0.4, 0.5) is 0 Å². The van der Waals surface area contributed by atoms with Crippen molar-refractivity contribution >= 4 is 24.1 Å². The Bertz CT molecular complexity index is 933. The van der Waals surface area contributed by atoms with Gasteiger partial charge in [-0.1, -0.05) is 36.4 Å². The Morgan fingerprint density at radius 1 is 0.714 bits per heavy atom. The summed E-state index contributed by atoms with van der Waals surface area (Å²) in [5.74, 6) is -0.0168. The fourth-order valence-electron chi connectivity index (χ4n) is 2.24. The third kappa shape index (κ3) is 5.98. The quantitative estimate of drug-likeness (QED) is 0.329. The van der Waals surface area contributed by atoms with Crippen molar-refractivity contribution < 1.29 is 19.1 Å². The van der Waals surface area contributed by atoms with Gasteiger partial charge in [0.2, 0.25) is 0 Å². The van der Waals surface area contributed by atoms with Crippen molar-refractivity contribution in [1.29, 1.82) is 0 Å². The van der Waals surface area contributed by atoms with E-state index in [4.69, 9.17) is 22.6 Å². The SMILES string of the molecule is [C-]#[N+]C(=Cc1ccc(OC(C)=O)cc1)C(=Cc1ccc(OC(C)=O)cc1)[N+]#[C-]. The lowest BCUT2D eigenvalue weighted by molar-refractivity contribution is -0.132. The zero-order valence-corrected chi connectivity index (χ0v) is 15.3. The number of nitrogens with zero attached hydrogens (tertiary/aromatic N) is 2. The van der Waals surface area contributed by atoms with Crippen LogP contribution in [0.2, 0.25) is 0 Å². The molecule has 0 bridgehead atoms. The van der Waals surface area contributed by atoms with Crippen LogP contribution in [0.5, 0.6) is 11.5 Å². The minimum absolute atomic E-state index is 0.180. The summed E-state index contributed by atoms with van der Waals surface area (Å²) in [6, 6.07) is 13.2. The Balaban J connectivity index is 2.27. The molecule has 2 rings (SSSR count). The van der Waals surface area contributed by atoms with Crippen molar-refractivity contribution in [2.75, 3.05) is 0 Å². The van der Waals surface area contributed by atoms with Crippen LogP contribution in [0.3, 0.4) is 0 Å². The highest BCUT2D eigenvalue weighted by Gasteiger charge is 2.07. The van der Waals surface area contributed by atoms with E-state index in [2.05, 4.69) is 9.69 Å². The van der Waals surface area contributed by atoms with Gasteiger partial charge in [-0.05, 0) is 35.4 Å². The monoisotopic (exact) mass is 372 g/mol. The first kappa shape index (κ1) is 20.2. The molecular weight excluding hydrogens is 356 g/mol. The molecule has 0 N–H and O–H groups in total. The molecule has 0 atom stereocenters. The summed E-state index contributed by atoms with van der Waals surface area (Å²) < 4.78 is 9.94. The average Bonchev–Trinajstić information content (AvgIpc) is 2.66. The molecule has 0 saturated heterocycles. The van der Waals surface area contributed by atoms with Gasteiger partial charge in [-0.2, -0.15) is 0 Å². The van der Waals surface area contributed by atoms with Crippen LogP contribution in [-0.4, -0.2) is 11.9 Å². The number of esters is 2. The summed E-state index contributed by atoms with van der Waals surface area (Å²) in [6.45, 7) is 17.4. The van der Waals surface area contributed by atoms with Gasteiger partial charge in [0.05, 0.1) is 13.1 Å². The largest absolute Gasteiger partial charge is 0.427 e. The Labute approximate surface area is 163 Å². The van der Waals surface area contributed by atoms with Gasteiger partial charge in [-0.25, -0.2) is 0 Å². The van der Waals surface area contributed by atoms with Crippen molar-refractivity contribution in [3.63, 3.8) is 0 Å². The first-order valence-corrected chi connectivity index (χ1v) is 8.17. The second-order valence-electron chi connectivity index (χ2n) is 5.61. The maximum atomic E-state index is 11.0. The van der Waals surface area contributed by atoms with E-state index in [0.717, 1.165) is 0 Å². The summed E-state index contributed by atoms with van der Waals surface area (Å²) in [4.78, 5) is 28.8. The zero-order chi connectivity index (χ0) is 20.5. The third-order valence-corrected chi connectivity index (χ3v) is 3.39. The van der Waals surface area contributed by atoms with Crippen molar-refractivity contribution in [1.82, 2.24) is 0 Å². The van der Waals surface area contributed by atoms with E-state index >= 15 is 0 Å². The van der Waals surface area contributed by atoms with E-state index in [1.54, 1.807) is 60.7 Å². The van der Waals surface area contributed by atoms with Gasteiger partial charge in [0.15, 0.2) is 11.4 Å². The molecule has 0 aliphatic rings. The molecule has 0 aromatic heterocycles. The van der Waals surface area contributed by atoms with E-state index in [1.807, 2.05) is 0 Å². The Hall–Kier alpha value is -4.16. The van der Waals surface area contributed by atoms with Gasteiger partial charge in [0.25, 0.3) is 0 Å². The van der Waals surface area contributed by atoms with Crippen LogP contribution in [0.1, 0.15) is 25.0 Å². The normalized spacial score (nSPS) is 11.1. The fourth-order valence-corrected chi connectivity index (χ4v) is 2.24. The summed E-state index contributed by atoms with van der Waals surface area (Å²) in [5, 5.41) is 0. The van der Waals surface area contributed by atoms with Crippen molar-refractivity contribution in [3.05, 3.63) is 93.9 Å². The molecule has 6 nitrogen and oxygen atoms in total. The molecule has 0 spiro atoms. The molecule has 0 unspecified atom stereocenters. The van der Waals surface area contributed by atoms with Crippen LogP contribution >= 0.6 is 0 Å². The van der Waals surface area contributed by atoms with Gasteiger partial charge in [-0.3, -0.25) is 19.3 Å². The van der Waals surface area contributed by atoms with E-state index < -0.39 is 11.9 Å². The highest BCUT2D eigenvalue weighted by Crippen LogP contribution is 2.23. The number of rotatable bonds is 5. The number of hydrogen-bond donors (Lipinski definition) is 0. The lowest BCUT2D eigenvalue weighted by atomic mass is 10.1. The molecule has 0 aliphatic carbocycles. The predicted molar refractivity (Wildman–Crippen MR) is 105 cm³/mol. The van der Waals surface area contributed by atoms with Gasteiger partial charge >= 0.3 is 11.9 Å². The molecule has 28 heavy (non-hydrogen) atoms. The van der Waals surface area contributed by atoms with E-state index in [0.29, 0.717) is 22.6 Å². The van der Waals surface area contributed by atoms with E-state index in [1.165, 1.54) is 13.8 Å². The molecular formula is C22H16N2O4. The van der Waals surface area contributed by atoms with Crippen LogP contribution in [0.15, 0.2) is 59.9 Å². The van der Waals surface area contributed by atoms with Crippen molar-refractivity contribution in [2.24, 2.45) is 0 Å². The Morgan fingerprint density at radius 2 is 1.04 bits per heavy atom. The lowest BCUT2D eigenvalue weighted by Gasteiger charge is -2.03. The predicted octanol–water partition coefficient (Wildman–Crippen LogP) is 4.76. The molecule has 0 aliphatic heterocycles. The Kier molecular flexibility index (Phi) is 6.85. The summed E-state index contributed by atoms with van der Waals surface area (Å²) >= 11 is 0. The molecule has 138 valence electrons. The molecule has 0 amide bonds. The summed E-state index contributed by atoms with van der Waals surface area (Å²) in [7, 11) is 0. The van der Waals surface area contributed by atoms with Gasteiger partial charge < -0.3 is 9.47 Å². The second kappa shape index (κ2) is 9.51. The second-order valence-corrected chi connectivity index (χ2v) is 5.61. The minimum atomic E-state index is -0.414. The molecule has 2 aromatic carbocycles. The van der Waals surface area contributed by atoms with Crippen molar-refractivity contribution in [2.45, 2.75) is 13.8 Å². The third-order valence-electron chi connectivity index (χ3n) is 3.39. The fraction of sp³-hybridized carbons (Fsp3) is 0.0909. The van der Waals surface area contributed by atoms with Crippen molar-refractivity contribution in [3.8, 4) is 11.5 Å². The summed E-state index contributed by atoms with van der Waals surface area (Å²) in [5.41, 5.74) is 1.75. The number of benzene rings is 2. The first-order chi connectivity index (χ1) is 13.4. The maximum absolute atomic E-state index is 11.0. The number of ether oxygens (including phenoxy) is 2. The van der Waals surface area contributed by atoms with E-state index in [9.17, 15) is 9.59 Å². The minimum Gasteiger partial charge on any atom is -0.427 e. The number of hydrogen-bond acceptors (Lipinski definition) is 4. The van der Waals surface area contributed by atoms with Gasteiger partial charge in [0, 0.05) is 13.8 Å². The molecule has 0 saturated carbocycles. The molecule has 0 heterocycles. The van der Waals surface area contributed by atoms with Crippen LogP contribution in [-0.2, 0) is 9.59 Å². The van der Waals surface area contributed by atoms with Crippen LogP contribution in [0, 0.1) is 13.1 Å².